The molecule has 1 atom stereocenters. The molecule has 104 valence electrons. The largest absolute Gasteiger partial charge is 0.383 e. The van der Waals surface area contributed by atoms with E-state index in [9.17, 15) is 0 Å². The Balaban J connectivity index is 2.56. The van der Waals surface area contributed by atoms with Crippen LogP contribution in [-0.2, 0) is 11.2 Å². The van der Waals surface area contributed by atoms with Gasteiger partial charge in [-0.2, -0.15) is 0 Å². The Morgan fingerprint density at radius 1 is 1.44 bits per heavy atom. The van der Waals surface area contributed by atoms with E-state index >= 15 is 0 Å². The molecule has 1 aromatic heterocycles. The highest BCUT2D eigenvalue weighted by Crippen LogP contribution is 2.34. The molecule has 1 N–H and O–H groups in total. The fourth-order valence-electron chi connectivity index (χ4n) is 1.86. The Hall–Kier alpha value is -0.0900. The lowest BCUT2D eigenvalue weighted by atomic mass is 9.76. The summed E-state index contributed by atoms with van der Waals surface area (Å²) in [4.78, 5) is 1.37. The van der Waals surface area contributed by atoms with Gasteiger partial charge in [-0.1, -0.05) is 32.4 Å². The van der Waals surface area contributed by atoms with Gasteiger partial charge in [0.05, 0.1) is 10.9 Å². The predicted molar refractivity (Wildman–Crippen MR) is 80.7 cm³/mol. The lowest BCUT2D eigenvalue weighted by molar-refractivity contribution is 0.176. The van der Waals surface area contributed by atoms with E-state index in [1.807, 2.05) is 6.07 Å². The van der Waals surface area contributed by atoms with Crippen LogP contribution in [0.2, 0.25) is 4.34 Å². The normalized spacial score (nSPS) is 15.0. The molecule has 1 unspecified atom stereocenters. The van der Waals surface area contributed by atoms with Crippen molar-refractivity contribution < 1.29 is 4.74 Å². The fraction of sp³-hybridized carbons (Fsp3) is 0.714. The average molecular weight is 290 g/mol. The van der Waals surface area contributed by atoms with Crippen LogP contribution in [0.25, 0.3) is 0 Å². The number of ether oxygens (including phenoxy) is 1. The molecule has 0 aromatic carbocycles. The van der Waals surface area contributed by atoms with Crippen molar-refractivity contribution in [2.24, 2.45) is 11.3 Å². The van der Waals surface area contributed by atoms with Gasteiger partial charge in [0.25, 0.3) is 0 Å². The molecular formula is C14H24ClNOS. The zero-order valence-corrected chi connectivity index (χ0v) is 13.3. The van der Waals surface area contributed by atoms with E-state index in [0.717, 1.165) is 30.5 Å². The van der Waals surface area contributed by atoms with E-state index in [4.69, 9.17) is 16.3 Å². The highest BCUT2D eigenvalue weighted by molar-refractivity contribution is 7.16. The quantitative estimate of drug-likeness (QED) is 0.734. The van der Waals surface area contributed by atoms with Crippen LogP contribution in [0.5, 0.6) is 0 Å². The van der Waals surface area contributed by atoms with Crippen LogP contribution in [0.4, 0.5) is 0 Å². The zero-order valence-electron chi connectivity index (χ0n) is 11.8. The summed E-state index contributed by atoms with van der Waals surface area (Å²) in [6, 6.07) is 4.13. The van der Waals surface area contributed by atoms with Crippen LogP contribution >= 0.6 is 22.9 Å². The van der Waals surface area contributed by atoms with Crippen LogP contribution < -0.4 is 5.32 Å². The number of hydrogen-bond acceptors (Lipinski definition) is 3. The molecule has 18 heavy (non-hydrogen) atoms. The molecule has 0 bridgehead atoms. The summed E-state index contributed by atoms with van der Waals surface area (Å²) in [6.45, 7) is 9.58. The third-order valence-corrected chi connectivity index (χ3v) is 4.84. The summed E-state index contributed by atoms with van der Waals surface area (Å²) in [5.41, 5.74) is 0.252. The van der Waals surface area contributed by atoms with Gasteiger partial charge < -0.3 is 10.1 Å². The highest BCUT2D eigenvalue weighted by atomic mass is 35.5. The Kier molecular flexibility index (Phi) is 6.64. The Morgan fingerprint density at radius 3 is 2.67 bits per heavy atom. The third kappa shape index (κ3) is 4.88. The Morgan fingerprint density at radius 2 is 2.17 bits per heavy atom. The van der Waals surface area contributed by atoms with Gasteiger partial charge >= 0.3 is 0 Å². The second-order valence-electron chi connectivity index (χ2n) is 5.36. The first kappa shape index (κ1) is 16.0. The molecule has 0 aliphatic carbocycles. The van der Waals surface area contributed by atoms with Gasteiger partial charge in [-0.25, -0.2) is 0 Å². The molecule has 1 heterocycles. The second kappa shape index (κ2) is 7.49. The lowest BCUT2D eigenvalue weighted by Crippen LogP contribution is -2.38. The number of hydrogen-bond donors (Lipinski definition) is 1. The van der Waals surface area contributed by atoms with E-state index in [-0.39, 0.29) is 5.41 Å². The van der Waals surface area contributed by atoms with Gasteiger partial charge in [-0.05, 0) is 29.9 Å². The van der Waals surface area contributed by atoms with Crippen molar-refractivity contribution in [3.8, 4) is 0 Å². The van der Waals surface area contributed by atoms with Crippen LogP contribution in [0.15, 0.2) is 12.1 Å². The van der Waals surface area contributed by atoms with Crippen molar-refractivity contribution in [3.63, 3.8) is 0 Å². The molecule has 0 radical (unpaired) electrons. The Bertz CT molecular complexity index is 353. The van der Waals surface area contributed by atoms with Crippen LogP contribution in [0.1, 0.15) is 25.6 Å². The predicted octanol–water partition coefficient (Wildman–Crippen LogP) is 3.84. The number of halogens is 1. The average Bonchev–Trinajstić information content (AvgIpc) is 2.70. The minimum absolute atomic E-state index is 0.252. The topological polar surface area (TPSA) is 21.3 Å². The SMILES string of the molecule is COCCNCC(C)(Cc1ccc(Cl)s1)C(C)C. The molecule has 0 aliphatic heterocycles. The van der Waals surface area contributed by atoms with Crippen LogP contribution in [-0.4, -0.2) is 26.8 Å². The second-order valence-corrected chi connectivity index (χ2v) is 7.16. The van der Waals surface area contributed by atoms with Gasteiger partial charge in [0.15, 0.2) is 0 Å². The summed E-state index contributed by atoms with van der Waals surface area (Å²) in [5, 5.41) is 3.48. The number of thiophene rings is 1. The Labute approximate surface area is 120 Å². The molecule has 0 spiro atoms. The van der Waals surface area contributed by atoms with Gasteiger partial charge in [0.2, 0.25) is 0 Å². The van der Waals surface area contributed by atoms with Gasteiger partial charge in [-0.15, -0.1) is 11.3 Å². The van der Waals surface area contributed by atoms with E-state index < -0.39 is 0 Å². The molecule has 1 aromatic rings. The lowest BCUT2D eigenvalue weighted by Gasteiger charge is -2.34. The standard InChI is InChI=1S/C14H24ClNOS/c1-11(2)14(3,10-16-7-8-17-4)9-12-5-6-13(15)18-12/h5-6,11,16H,7-10H2,1-4H3. The van der Waals surface area contributed by atoms with Crippen molar-refractivity contribution in [2.45, 2.75) is 27.2 Å². The number of rotatable bonds is 8. The third-order valence-electron chi connectivity index (χ3n) is 3.61. The summed E-state index contributed by atoms with van der Waals surface area (Å²) in [6.07, 6.45) is 1.07. The van der Waals surface area contributed by atoms with Crippen LogP contribution in [0.3, 0.4) is 0 Å². The van der Waals surface area contributed by atoms with E-state index in [1.165, 1.54) is 4.88 Å². The van der Waals surface area contributed by atoms with Crippen LogP contribution in [0, 0.1) is 11.3 Å². The molecule has 1 rings (SSSR count). The molecule has 4 heteroatoms. The maximum atomic E-state index is 6.00. The van der Waals surface area contributed by atoms with Gasteiger partial charge in [-0.3, -0.25) is 0 Å². The summed E-state index contributed by atoms with van der Waals surface area (Å²) in [5.74, 6) is 0.619. The van der Waals surface area contributed by atoms with Crippen molar-refractivity contribution in [3.05, 3.63) is 21.3 Å². The highest BCUT2D eigenvalue weighted by Gasteiger charge is 2.28. The zero-order chi connectivity index (χ0) is 13.6. The first-order valence-corrected chi connectivity index (χ1v) is 7.61. The summed E-state index contributed by atoms with van der Waals surface area (Å²) < 4.78 is 5.94. The number of methoxy groups -OCH3 is 1. The monoisotopic (exact) mass is 289 g/mol. The molecule has 0 saturated heterocycles. The van der Waals surface area contributed by atoms with Gasteiger partial charge in [0.1, 0.15) is 0 Å². The summed E-state index contributed by atoms with van der Waals surface area (Å²) >= 11 is 7.69. The molecule has 0 fully saturated rings. The van der Waals surface area contributed by atoms with Crippen molar-refractivity contribution in [2.75, 3.05) is 26.8 Å². The van der Waals surface area contributed by atoms with E-state index in [1.54, 1.807) is 18.4 Å². The first-order chi connectivity index (χ1) is 8.48. The molecule has 0 amide bonds. The van der Waals surface area contributed by atoms with Crippen molar-refractivity contribution >= 4 is 22.9 Å². The maximum Gasteiger partial charge on any atom is 0.0931 e. The maximum absolute atomic E-state index is 6.00. The minimum Gasteiger partial charge on any atom is -0.383 e. The van der Waals surface area contributed by atoms with E-state index in [2.05, 4.69) is 32.2 Å². The molecule has 0 aliphatic rings. The summed E-state index contributed by atoms with van der Waals surface area (Å²) in [7, 11) is 1.73. The smallest absolute Gasteiger partial charge is 0.0931 e. The number of nitrogens with one attached hydrogen (secondary N) is 1. The van der Waals surface area contributed by atoms with Gasteiger partial charge in [0, 0.05) is 25.1 Å². The molecular weight excluding hydrogens is 266 g/mol. The van der Waals surface area contributed by atoms with E-state index in [0.29, 0.717) is 5.92 Å². The molecule has 2 nitrogen and oxygen atoms in total. The minimum atomic E-state index is 0.252. The first-order valence-electron chi connectivity index (χ1n) is 6.42. The van der Waals surface area contributed by atoms with Crippen molar-refractivity contribution in [1.82, 2.24) is 5.32 Å². The van der Waals surface area contributed by atoms with Crippen molar-refractivity contribution in [1.29, 1.82) is 0 Å². The fourth-order valence-corrected chi connectivity index (χ4v) is 3.15. The molecule has 0 saturated carbocycles.